The Kier molecular flexibility index (Phi) is 5.94. The molecule has 2 fully saturated rings. The van der Waals surface area contributed by atoms with Gasteiger partial charge in [-0.1, -0.05) is 6.92 Å². The van der Waals surface area contributed by atoms with Crippen molar-refractivity contribution in [3.63, 3.8) is 0 Å². The average Bonchev–Trinajstić information content (AvgIpc) is 2.75. The van der Waals surface area contributed by atoms with Crippen LogP contribution in [0.2, 0.25) is 0 Å². The molecule has 156 valence electrons. The number of rotatable bonds is 4. The number of aryl methyl sites for hydroxylation is 1. The number of aromatic nitrogens is 2. The second-order valence-electron chi connectivity index (χ2n) is 8.36. The highest BCUT2D eigenvalue weighted by Gasteiger charge is 2.24. The van der Waals surface area contributed by atoms with Crippen LogP contribution < -0.4 is 4.90 Å². The van der Waals surface area contributed by atoms with Gasteiger partial charge in [0.2, 0.25) is 0 Å². The second kappa shape index (κ2) is 8.61. The lowest BCUT2D eigenvalue weighted by atomic mass is 9.98. The lowest BCUT2D eigenvalue weighted by Gasteiger charge is -2.35. The van der Waals surface area contributed by atoms with Crippen molar-refractivity contribution < 1.29 is 9.18 Å². The molecule has 2 aromatic rings. The van der Waals surface area contributed by atoms with Crippen LogP contribution in [0.4, 0.5) is 10.2 Å². The standard InChI is InChI=1S/C22H30FN5O/c1-16-5-8-28(9-6-16)22(29)18-3-4-19-20(15-18)17(2)24-25-21(19)27-13-11-26(10-7-23)12-14-27/h3-4,15-16H,5-14H2,1-2H3. The van der Waals surface area contributed by atoms with E-state index in [9.17, 15) is 9.18 Å². The van der Waals surface area contributed by atoms with Crippen molar-refractivity contribution in [1.82, 2.24) is 20.0 Å². The van der Waals surface area contributed by atoms with Crippen LogP contribution in [0.25, 0.3) is 10.8 Å². The Morgan fingerprint density at radius 3 is 2.48 bits per heavy atom. The molecule has 1 aromatic carbocycles. The van der Waals surface area contributed by atoms with Crippen LogP contribution in [0, 0.1) is 12.8 Å². The van der Waals surface area contributed by atoms with Gasteiger partial charge in [0.15, 0.2) is 5.82 Å². The third-order valence-electron chi connectivity index (χ3n) is 6.34. The molecule has 1 aromatic heterocycles. The predicted molar refractivity (Wildman–Crippen MR) is 113 cm³/mol. The lowest BCUT2D eigenvalue weighted by molar-refractivity contribution is 0.0697. The number of nitrogens with zero attached hydrogens (tertiary/aromatic N) is 5. The molecule has 7 heteroatoms. The number of halogens is 1. The minimum absolute atomic E-state index is 0.108. The van der Waals surface area contributed by atoms with Crippen LogP contribution in [-0.2, 0) is 0 Å². The van der Waals surface area contributed by atoms with E-state index < -0.39 is 0 Å². The zero-order chi connectivity index (χ0) is 20.4. The van der Waals surface area contributed by atoms with Gasteiger partial charge in [-0.3, -0.25) is 9.69 Å². The number of hydrogen-bond donors (Lipinski definition) is 0. The quantitative estimate of drug-likeness (QED) is 0.791. The first-order chi connectivity index (χ1) is 14.1. The number of anilines is 1. The van der Waals surface area contributed by atoms with Gasteiger partial charge < -0.3 is 9.80 Å². The van der Waals surface area contributed by atoms with Gasteiger partial charge in [0.05, 0.1) is 5.69 Å². The Bertz CT molecular complexity index is 873. The van der Waals surface area contributed by atoms with Crippen LogP contribution in [0.5, 0.6) is 0 Å². The van der Waals surface area contributed by atoms with Gasteiger partial charge in [-0.2, -0.15) is 5.10 Å². The van der Waals surface area contributed by atoms with E-state index in [1.54, 1.807) is 0 Å². The summed E-state index contributed by atoms with van der Waals surface area (Å²) in [5.41, 5.74) is 1.56. The summed E-state index contributed by atoms with van der Waals surface area (Å²) in [5, 5.41) is 10.8. The minimum atomic E-state index is -0.306. The minimum Gasteiger partial charge on any atom is -0.352 e. The van der Waals surface area contributed by atoms with Crippen molar-refractivity contribution >= 4 is 22.5 Å². The molecule has 0 saturated carbocycles. The van der Waals surface area contributed by atoms with Gasteiger partial charge in [0.1, 0.15) is 6.67 Å². The first kappa shape index (κ1) is 20.0. The molecule has 0 N–H and O–H groups in total. The summed E-state index contributed by atoms with van der Waals surface area (Å²) in [6, 6.07) is 5.91. The van der Waals surface area contributed by atoms with Crippen LogP contribution in [0.1, 0.15) is 35.8 Å². The van der Waals surface area contributed by atoms with Crippen molar-refractivity contribution in [2.24, 2.45) is 5.92 Å². The van der Waals surface area contributed by atoms with E-state index in [1.165, 1.54) is 0 Å². The first-order valence-electron chi connectivity index (χ1n) is 10.7. The van der Waals surface area contributed by atoms with Crippen LogP contribution in [0.3, 0.4) is 0 Å². The monoisotopic (exact) mass is 399 g/mol. The summed E-state index contributed by atoms with van der Waals surface area (Å²) in [4.78, 5) is 19.3. The third kappa shape index (κ3) is 4.20. The number of hydrogen-bond acceptors (Lipinski definition) is 5. The van der Waals surface area contributed by atoms with Gasteiger partial charge in [-0.05, 0) is 43.9 Å². The molecule has 0 spiro atoms. The number of piperidine rings is 1. The first-order valence-corrected chi connectivity index (χ1v) is 10.7. The van der Waals surface area contributed by atoms with E-state index >= 15 is 0 Å². The van der Waals surface area contributed by atoms with Gasteiger partial charge in [0, 0.05) is 62.1 Å². The molecule has 0 unspecified atom stereocenters. The number of carbonyl (C=O) groups is 1. The summed E-state index contributed by atoms with van der Waals surface area (Å²) in [6.45, 7) is 9.30. The van der Waals surface area contributed by atoms with Crippen molar-refractivity contribution in [2.45, 2.75) is 26.7 Å². The largest absolute Gasteiger partial charge is 0.352 e. The Balaban J connectivity index is 1.58. The number of amides is 1. The fraction of sp³-hybridized carbons (Fsp3) is 0.591. The fourth-order valence-electron chi connectivity index (χ4n) is 4.33. The van der Waals surface area contributed by atoms with Gasteiger partial charge >= 0.3 is 0 Å². The molecule has 1 amide bonds. The van der Waals surface area contributed by atoms with Gasteiger partial charge in [0.25, 0.3) is 5.91 Å². The van der Waals surface area contributed by atoms with Crippen molar-refractivity contribution in [2.75, 3.05) is 57.4 Å². The van der Waals surface area contributed by atoms with Crippen molar-refractivity contribution in [1.29, 1.82) is 0 Å². The fourth-order valence-corrected chi connectivity index (χ4v) is 4.33. The number of carbonyl (C=O) groups excluding carboxylic acids is 1. The Morgan fingerprint density at radius 2 is 1.79 bits per heavy atom. The van der Waals surface area contributed by atoms with Crippen molar-refractivity contribution in [3.8, 4) is 0 Å². The molecule has 2 saturated heterocycles. The molecule has 3 heterocycles. The van der Waals surface area contributed by atoms with Crippen LogP contribution in [0.15, 0.2) is 18.2 Å². The van der Waals surface area contributed by atoms with Gasteiger partial charge in [-0.15, -0.1) is 5.10 Å². The molecule has 0 bridgehead atoms. The lowest BCUT2D eigenvalue weighted by Crippen LogP contribution is -2.47. The van der Waals surface area contributed by atoms with E-state index in [4.69, 9.17) is 0 Å². The average molecular weight is 400 g/mol. The summed E-state index contributed by atoms with van der Waals surface area (Å²) in [6.07, 6.45) is 2.14. The second-order valence-corrected chi connectivity index (χ2v) is 8.36. The van der Waals surface area contributed by atoms with E-state index in [0.29, 0.717) is 12.5 Å². The number of fused-ring (bicyclic) bond motifs is 1. The third-order valence-corrected chi connectivity index (χ3v) is 6.34. The maximum atomic E-state index is 13.0. The molecule has 0 aliphatic carbocycles. The maximum absolute atomic E-state index is 13.0. The molecule has 0 atom stereocenters. The molecular weight excluding hydrogens is 369 g/mol. The summed E-state index contributed by atoms with van der Waals surface area (Å²) < 4.78 is 12.6. The smallest absolute Gasteiger partial charge is 0.253 e. The van der Waals surface area contributed by atoms with E-state index in [-0.39, 0.29) is 12.6 Å². The van der Waals surface area contributed by atoms with E-state index in [1.807, 2.05) is 30.0 Å². The van der Waals surface area contributed by atoms with E-state index in [0.717, 1.165) is 80.0 Å². The molecule has 4 rings (SSSR count). The van der Waals surface area contributed by atoms with Crippen LogP contribution in [-0.4, -0.2) is 78.4 Å². The Labute approximate surface area is 171 Å². The summed E-state index contributed by atoms with van der Waals surface area (Å²) >= 11 is 0. The summed E-state index contributed by atoms with van der Waals surface area (Å²) in [7, 11) is 0. The summed E-state index contributed by atoms with van der Waals surface area (Å²) in [5.74, 6) is 1.66. The number of benzene rings is 1. The molecule has 2 aliphatic rings. The Morgan fingerprint density at radius 1 is 1.07 bits per heavy atom. The topological polar surface area (TPSA) is 52.6 Å². The SMILES string of the molecule is Cc1nnc(N2CCN(CCF)CC2)c2ccc(C(=O)N3CCC(C)CC3)cc12. The van der Waals surface area contributed by atoms with Crippen LogP contribution >= 0.6 is 0 Å². The number of alkyl halides is 1. The highest BCUT2D eigenvalue weighted by molar-refractivity contribution is 6.01. The van der Waals surface area contributed by atoms with E-state index in [2.05, 4.69) is 26.9 Å². The number of likely N-dealkylation sites (tertiary alicyclic amines) is 1. The van der Waals surface area contributed by atoms with Crippen molar-refractivity contribution in [3.05, 3.63) is 29.5 Å². The molecule has 2 aliphatic heterocycles. The molecule has 29 heavy (non-hydrogen) atoms. The zero-order valence-electron chi connectivity index (χ0n) is 17.4. The molecule has 0 radical (unpaired) electrons. The zero-order valence-corrected chi connectivity index (χ0v) is 17.4. The Hall–Kier alpha value is -2.28. The normalized spacial score (nSPS) is 19.1. The predicted octanol–water partition coefficient (Wildman–Crippen LogP) is 2.90. The molecule has 6 nitrogen and oxygen atoms in total. The molecular formula is C22H30FN5O. The highest BCUT2D eigenvalue weighted by Crippen LogP contribution is 2.28. The number of piperazine rings is 1. The highest BCUT2D eigenvalue weighted by atomic mass is 19.1. The maximum Gasteiger partial charge on any atom is 0.253 e. The van der Waals surface area contributed by atoms with Gasteiger partial charge in [-0.25, -0.2) is 4.39 Å².